The van der Waals surface area contributed by atoms with Gasteiger partial charge in [0.25, 0.3) is 0 Å². The monoisotopic (exact) mass is 130 g/mol. The van der Waals surface area contributed by atoms with Crippen molar-refractivity contribution in [3.63, 3.8) is 0 Å². The van der Waals surface area contributed by atoms with Crippen LogP contribution >= 0.6 is 10.1 Å². The number of hydrogen-bond donors (Lipinski definition) is 0. The fourth-order valence-corrected chi connectivity index (χ4v) is 0. The van der Waals surface area contributed by atoms with Crippen molar-refractivity contribution >= 4 is 10.1 Å². The second-order valence-electron chi connectivity index (χ2n) is 0. The number of hydrogen-bond acceptors (Lipinski definition) is 0. The third kappa shape index (κ3) is 15.6. The summed E-state index contributed by atoms with van der Waals surface area (Å²) in [5, 5.41) is 0. The zero-order chi connectivity index (χ0) is 2.00. The molecule has 0 spiro atoms. The molecular formula is H4ClCoO2. The zero-order valence-corrected chi connectivity index (χ0v) is 3.51. The summed E-state index contributed by atoms with van der Waals surface area (Å²) in [5.74, 6) is 0. The number of rotatable bonds is 0. The van der Waals surface area contributed by atoms with Crippen LogP contribution in [0.1, 0.15) is 0 Å². The molecule has 0 aliphatic carbocycles. The maximum absolute atomic E-state index is 4.33. The van der Waals surface area contributed by atoms with Gasteiger partial charge < -0.3 is 11.0 Å². The normalized spacial score (nSPS) is 1.75. The Labute approximate surface area is 36.6 Å². The molecule has 0 amide bonds. The van der Waals surface area contributed by atoms with E-state index in [1.807, 2.05) is 0 Å². The van der Waals surface area contributed by atoms with Crippen LogP contribution in [0.2, 0.25) is 0 Å². The zero-order valence-electron chi connectivity index (χ0n) is 1.71. The third-order valence-corrected chi connectivity index (χ3v) is 0. The van der Waals surface area contributed by atoms with Crippen molar-refractivity contribution in [2.75, 3.05) is 0 Å². The first kappa shape index (κ1) is 22.1. The van der Waals surface area contributed by atoms with Gasteiger partial charge in [-0.25, -0.2) is 0 Å². The minimum absolute atomic E-state index is 0. The summed E-state index contributed by atoms with van der Waals surface area (Å²) >= 11 is 3.03. The van der Waals surface area contributed by atoms with E-state index in [9.17, 15) is 0 Å². The van der Waals surface area contributed by atoms with Crippen LogP contribution in [0.3, 0.4) is 0 Å². The SMILES string of the molecule is O.O.[Cl][Co]. The first-order valence-electron chi connectivity index (χ1n) is 0.126. The first-order chi connectivity index (χ1) is 1.00. The van der Waals surface area contributed by atoms with Gasteiger partial charge in [-0.15, -0.1) is 0 Å². The van der Waals surface area contributed by atoms with Gasteiger partial charge in [0.05, 0.1) is 0 Å². The van der Waals surface area contributed by atoms with Crippen molar-refractivity contribution in [2.45, 2.75) is 0 Å². The molecule has 0 bridgehead atoms. The van der Waals surface area contributed by atoms with Gasteiger partial charge in [0.15, 0.2) is 0 Å². The second-order valence-corrected chi connectivity index (χ2v) is 0. The summed E-state index contributed by atoms with van der Waals surface area (Å²) in [6, 6.07) is 0. The standard InChI is InChI=1S/ClH.Co.2H2O/h1H;;2*1H2/q;+1;;/p-1. The van der Waals surface area contributed by atoms with Crippen LogP contribution < -0.4 is 0 Å². The van der Waals surface area contributed by atoms with E-state index >= 15 is 0 Å². The molecule has 0 heterocycles. The Kier molecular flexibility index (Phi) is 295. The molecule has 0 aliphatic heterocycles. The molecule has 32 valence electrons. The molecule has 0 unspecified atom stereocenters. The first-order valence-corrected chi connectivity index (χ1v) is 1.56. The molecule has 0 radical (unpaired) electrons. The van der Waals surface area contributed by atoms with Crippen LogP contribution in [0, 0.1) is 0 Å². The molecule has 0 saturated heterocycles. The Morgan fingerprint density at radius 3 is 1.00 bits per heavy atom. The van der Waals surface area contributed by atoms with Gasteiger partial charge in [0.1, 0.15) is 0 Å². The van der Waals surface area contributed by atoms with Gasteiger partial charge in [0, 0.05) is 0 Å². The van der Waals surface area contributed by atoms with Crippen molar-refractivity contribution in [1.29, 1.82) is 0 Å². The van der Waals surface area contributed by atoms with Crippen LogP contribution in [-0.2, 0) is 14.8 Å². The average molecular weight is 130 g/mol. The molecule has 0 aromatic heterocycles. The van der Waals surface area contributed by atoms with E-state index in [0.29, 0.717) is 0 Å². The van der Waals surface area contributed by atoms with Gasteiger partial charge >= 0.3 is 25.0 Å². The maximum atomic E-state index is 4.33. The third-order valence-electron chi connectivity index (χ3n) is 0. The summed E-state index contributed by atoms with van der Waals surface area (Å²) in [5.41, 5.74) is 0. The summed E-state index contributed by atoms with van der Waals surface area (Å²) < 4.78 is 0. The molecular weight excluding hydrogens is 126 g/mol. The van der Waals surface area contributed by atoms with Crippen molar-refractivity contribution < 1.29 is 25.8 Å². The van der Waals surface area contributed by atoms with E-state index < -0.39 is 0 Å². The van der Waals surface area contributed by atoms with E-state index in [2.05, 4.69) is 25.0 Å². The predicted octanol–water partition coefficient (Wildman–Crippen LogP) is -0.962. The van der Waals surface area contributed by atoms with Crippen molar-refractivity contribution in [2.24, 2.45) is 0 Å². The van der Waals surface area contributed by atoms with E-state index in [-0.39, 0.29) is 11.0 Å². The van der Waals surface area contributed by atoms with E-state index in [1.165, 1.54) is 0 Å². The van der Waals surface area contributed by atoms with Gasteiger partial charge in [-0.05, 0) is 0 Å². The van der Waals surface area contributed by atoms with E-state index in [0.717, 1.165) is 0 Å². The Morgan fingerprint density at radius 2 is 1.00 bits per heavy atom. The van der Waals surface area contributed by atoms with Gasteiger partial charge in [-0.3, -0.25) is 0 Å². The number of halogens is 1. The van der Waals surface area contributed by atoms with E-state index in [4.69, 9.17) is 0 Å². The molecule has 0 aromatic carbocycles. The Balaban J connectivity index is -0.00000000500. The minimum atomic E-state index is 0. The fourth-order valence-electron chi connectivity index (χ4n) is 0. The topological polar surface area (TPSA) is 63.0 Å². The van der Waals surface area contributed by atoms with Crippen LogP contribution in [0.15, 0.2) is 0 Å². The summed E-state index contributed by atoms with van der Waals surface area (Å²) in [4.78, 5) is 0. The molecule has 0 rings (SSSR count). The second kappa shape index (κ2) is 53.4. The molecule has 0 aliphatic rings. The quantitative estimate of drug-likeness (QED) is 0.405. The Bertz CT molecular complexity index is 6.00. The van der Waals surface area contributed by atoms with Crippen molar-refractivity contribution in [3.05, 3.63) is 0 Å². The van der Waals surface area contributed by atoms with Crippen LogP contribution in [0.4, 0.5) is 0 Å². The molecule has 0 atom stereocenters. The van der Waals surface area contributed by atoms with Gasteiger partial charge in [0.2, 0.25) is 0 Å². The Hall–Kier alpha value is 0.716. The molecule has 0 fully saturated rings. The van der Waals surface area contributed by atoms with Crippen LogP contribution in [-0.4, -0.2) is 11.0 Å². The van der Waals surface area contributed by atoms with Crippen molar-refractivity contribution in [1.82, 2.24) is 0 Å². The molecule has 4 heteroatoms. The fraction of sp³-hybridized carbons (Fsp3) is 0. The van der Waals surface area contributed by atoms with E-state index in [1.54, 1.807) is 0 Å². The molecule has 4 heavy (non-hydrogen) atoms. The summed E-state index contributed by atoms with van der Waals surface area (Å²) in [7, 11) is 4.33. The molecule has 4 N–H and O–H groups in total. The molecule has 0 aromatic rings. The Morgan fingerprint density at radius 1 is 1.00 bits per heavy atom. The van der Waals surface area contributed by atoms with Gasteiger partial charge in [-0.1, -0.05) is 0 Å². The summed E-state index contributed by atoms with van der Waals surface area (Å²) in [6.07, 6.45) is 0. The van der Waals surface area contributed by atoms with Crippen LogP contribution in [0.5, 0.6) is 0 Å². The van der Waals surface area contributed by atoms with Crippen LogP contribution in [0.25, 0.3) is 0 Å². The summed E-state index contributed by atoms with van der Waals surface area (Å²) in [6.45, 7) is 0. The van der Waals surface area contributed by atoms with Crippen molar-refractivity contribution in [3.8, 4) is 0 Å². The molecule has 0 saturated carbocycles. The molecule has 2 nitrogen and oxygen atoms in total. The average Bonchev–Trinajstić information content (AvgIpc) is 1.00. The van der Waals surface area contributed by atoms with Gasteiger partial charge in [-0.2, -0.15) is 0 Å². The predicted molar refractivity (Wildman–Crippen MR) is 13.1 cm³/mol.